The van der Waals surface area contributed by atoms with E-state index in [9.17, 15) is 5.11 Å². The molecule has 0 radical (unpaired) electrons. The maximum absolute atomic E-state index is 9.40. The first kappa shape index (κ1) is 13.8. The lowest BCUT2D eigenvalue weighted by Gasteiger charge is -2.15. The molecule has 96 valence electrons. The average Bonchev–Trinajstić information content (AvgIpc) is 2.30. The van der Waals surface area contributed by atoms with Crippen molar-refractivity contribution in [2.24, 2.45) is 0 Å². The van der Waals surface area contributed by atoms with E-state index in [-0.39, 0.29) is 0 Å². The minimum atomic E-state index is -0.391. The van der Waals surface area contributed by atoms with Gasteiger partial charge in [-0.1, -0.05) is 0 Å². The number of benzene rings is 1. The molecule has 0 aliphatic carbocycles. The van der Waals surface area contributed by atoms with Gasteiger partial charge in [-0.05, 0) is 31.0 Å². The van der Waals surface area contributed by atoms with Gasteiger partial charge in [0.1, 0.15) is 11.5 Å². The van der Waals surface area contributed by atoms with Gasteiger partial charge in [0.15, 0.2) is 0 Å². The van der Waals surface area contributed by atoms with Crippen LogP contribution < -0.4 is 9.47 Å². The zero-order valence-corrected chi connectivity index (χ0v) is 10.8. The van der Waals surface area contributed by atoms with Crippen molar-refractivity contribution in [3.63, 3.8) is 0 Å². The molecule has 0 bridgehead atoms. The molecule has 0 aromatic heterocycles. The van der Waals surface area contributed by atoms with E-state index in [1.807, 2.05) is 12.1 Å². The van der Waals surface area contributed by atoms with Gasteiger partial charge in [0.2, 0.25) is 0 Å². The molecule has 0 spiro atoms. The Balaban J connectivity index is 3.13. The van der Waals surface area contributed by atoms with Crippen LogP contribution in [-0.4, -0.2) is 32.5 Å². The summed E-state index contributed by atoms with van der Waals surface area (Å²) in [5.74, 6) is 1.45. The van der Waals surface area contributed by atoms with Crippen molar-refractivity contribution in [1.82, 2.24) is 0 Å². The molecule has 0 amide bonds. The quantitative estimate of drug-likeness (QED) is 0.823. The Bertz CT molecular complexity index is 335. The highest BCUT2D eigenvalue weighted by molar-refractivity contribution is 5.48. The topological polar surface area (TPSA) is 47.9 Å². The standard InChI is InChI=1S/C13H20O4/c1-9(14)5-10-6-12(16-3)11(8-15-2)13(7-10)17-4/h6-7,9,14H,5,8H2,1-4H3. The second-order valence-corrected chi connectivity index (χ2v) is 3.97. The van der Waals surface area contributed by atoms with Gasteiger partial charge in [0.25, 0.3) is 0 Å². The smallest absolute Gasteiger partial charge is 0.128 e. The highest BCUT2D eigenvalue weighted by Crippen LogP contribution is 2.31. The Morgan fingerprint density at radius 3 is 2.00 bits per heavy atom. The highest BCUT2D eigenvalue weighted by Gasteiger charge is 2.13. The van der Waals surface area contributed by atoms with Crippen LogP contribution in [0.3, 0.4) is 0 Å². The van der Waals surface area contributed by atoms with Gasteiger partial charge < -0.3 is 19.3 Å². The Kier molecular flexibility index (Phi) is 5.25. The minimum absolute atomic E-state index is 0.391. The van der Waals surface area contributed by atoms with Crippen LogP contribution in [0.1, 0.15) is 18.1 Å². The predicted molar refractivity (Wildman–Crippen MR) is 65.6 cm³/mol. The summed E-state index contributed by atoms with van der Waals surface area (Å²) < 4.78 is 15.8. The summed E-state index contributed by atoms with van der Waals surface area (Å²) in [6, 6.07) is 3.81. The Hall–Kier alpha value is -1.26. The first-order chi connectivity index (χ1) is 8.12. The molecule has 0 aliphatic rings. The predicted octanol–water partition coefficient (Wildman–Crippen LogP) is 1.77. The van der Waals surface area contributed by atoms with E-state index in [1.54, 1.807) is 28.3 Å². The van der Waals surface area contributed by atoms with Gasteiger partial charge in [-0.15, -0.1) is 0 Å². The summed E-state index contributed by atoms with van der Waals surface area (Å²) in [4.78, 5) is 0. The molecule has 1 aromatic rings. The summed E-state index contributed by atoms with van der Waals surface area (Å²) in [6.45, 7) is 2.18. The summed E-state index contributed by atoms with van der Waals surface area (Å²) in [5.41, 5.74) is 1.86. The van der Waals surface area contributed by atoms with Crippen LogP contribution >= 0.6 is 0 Å². The lowest BCUT2D eigenvalue weighted by atomic mass is 10.0. The second-order valence-electron chi connectivity index (χ2n) is 3.97. The van der Waals surface area contributed by atoms with Crippen molar-refractivity contribution >= 4 is 0 Å². The van der Waals surface area contributed by atoms with Crippen molar-refractivity contribution in [1.29, 1.82) is 0 Å². The lowest BCUT2D eigenvalue weighted by molar-refractivity contribution is 0.177. The maximum Gasteiger partial charge on any atom is 0.128 e. The fraction of sp³-hybridized carbons (Fsp3) is 0.538. The zero-order valence-electron chi connectivity index (χ0n) is 10.8. The number of aliphatic hydroxyl groups is 1. The molecule has 1 atom stereocenters. The molecule has 1 N–H and O–H groups in total. The molecule has 1 rings (SSSR count). The van der Waals surface area contributed by atoms with Crippen LogP contribution in [0.15, 0.2) is 12.1 Å². The molecule has 0 heterocycles. The first-order valence-electron chi connectivity index (χ1n) is 5.53. The molecular weight excluding hydrogens is 220 g/mol. The normalized spacial score (nSPS) is 12.3. The van der Waals surface area contributed by atoms with Crippen molar-refractivity contribution < 1.29 is 19.3 Å². The Morgan fingerprint density at radius 2 is 1.65 bits per heavy atom. The zero-order chi connectivity index (χ0) is 12.8. The van der Waals surface area contributed by atoms with Crippen molar-refractivity contribution in [3.05, 3.63) is 23.3 Å². The third kappa shape index (κ3) is 3.61. The summed E-state index contributed by atoms with van der Waals surface area (Å²) in [5, 5.41) is 9.40. The van der Waals surface area contributed by atoms with Crippen LogP contribution in [0.5, 0.6) is 11.5 Å². The first-order valence-corrected chi connectivity index (χ1v) is 5.53. The van der Waals surface area contributed by atoms with Crippen molar-refractivity contribution in [3.8, 4) is 11.5 Å². The summed E-state index contributed by atoms with van der Waals surface area (Å²) in [7, 11) is 4.85. The molecule has 4 nitrogen and oxygen atoms in total. The summed E-state index contributed by atoms with van der Waals surface area (Å²) in [6.07, 6.45) is 0.178. The SMILES string of the molecule is COCc1c(OC)cc(CC(C)O)cc1OC. The molecule has 0 saturated carbocycles. The monoisotopic (exact) mass is 240 g/mol. The molecule has 4 heteroatoms. The molecule has 0 fully saturated rings. The van der Waals surface area contributed by atoms with E-state index in [0.29, 0.717) is 13.0 Å². The third-order valence-corrected chi connectivity index (χ3v) is 2.49. The van der Waals surface area contributed by atoms with E-state index in [1.165, 1.54) is 0 Å². The van der Waals surface area contributed by atoms with Gasteiger partial charge in [-0.2, -0.15) is 0 Å². The average molecular weight is 240 g/mol. The number of hydrogen-bond acceptors (Lipinski definition) is 4. The van der Waals surface area contributed by atoms with Crippen molar-refractivity contribution in [2.75, 3.05) is 21.3 Å². The summed E-state index contributed by atoms with van der Waals surface area (Å²) >= 11 is 0. The van der Waals surface area contributed by atoms with Gasteiger partial charge in [-0.25, -0.2) is 0 Å². The van der Waals surface area contributed by atoms with Gasteiger partial charge >= 0.3 is 0 Å². The maximum atomic E-state index is 9.40. The molecule has 17 heavy (non-hydrogen) atoms. The fourth-order valence-electron chi connectivity index (χ4n) is 1.78. The van der Waals surface area contributed by atoms with Gasteiger partial charge in [-0.3, -0.25) is 0 Å². The highest BCUT2D eigenvalue weighted by atomic mass is 16.5. The van der Waals surface area contributed by atoms with Crippen LogP contribution in [0.4, 0.5) is 0 Å². The Morgan fingerprint density at radius 1 is 1.12 bits per heavy atom. The number of aliphatic hydroxyl groups excluding tert-OH is 1. The molecule has 0 saturated heterocycles. The number of methoxy groups -OCH3 is 3. The van der Waals surface area contributed by atoms with Gasteiger partial charge in [0.05, 0.1) is 32.5 Å². The second kappa shape index (κ2) is 6.47. The number of ether oxygens (including phenoxy) is 3. The molecular formula is C13H20O4. The third-order valence-electron chi connectivity index (χ3n) is 2.49. The van der Waals surface area contributed by atoms with Crippen LogP contribution in [0.2, 0.25) is 0 Å². The number of hydrogen-bond donors (Lipinski definition) is 1. The van der Waals surface area contributed by atoms with E-state index < -0.39 is 6.10 Å². The van der Waals surface area contributed by atoms with E-state index in [0.717, 1.165) is 22.6 Å². The Labute approximate surface area is 102 Å². The van der Waals surface area contributed by atoms with E-state index in [2.05, 4.69) is 0 Å². The van der Waals surface area contributed by atoms with E-state index in [4.69, 9.17) is 14.2 Å². The molecule has 1 aromatic carbocycles. The van der Waals surface area contributed by atoms with Crippen LogP contribution in [0, 0.1) is 0 Å². The fourth-order valence-corrected chi connectivity index (χ4v) is 1.78. The number of rotatable bonds is 6. The van der Waals surface area contributed by atoms with Crippen molar-refractivity contribution in [2.45, 2.75) is 26.1 Å². The molecule has 1 unspecified atom stereocenters. The van der Waals surface area contributed by atoms with Crippen LogP contribution in [0.25, 0.3) is 0 Å². The lowest BCUT2D eigenvalue weighted by Crippen LogP contribution is -2.06. The minimum Gasteiger partial charge on any atom is -0.496 e. The van der Waals surface area contributed by atoms with Crippen LogP contribution in [-0.2, 0) is 17.8 Å². The van der Waals surface area contributed by atoms with Gasteiger partial charge in [0, 0.05) is 7.11 Å². The largest absolute Gasteiger partial charge is 0.496 e. The molecule has 0 aliphatic heterocycles. The van der Waals surface area contributed by atoms with E-state index >= 15 is 0 Å².